The van der Waals surface area contributed by atoms with Gasteiger partial charge in [0.05, 0.1) is 6.04 Å². The molecule has 1 aliphatic heterocycles. The first-order chi connectivity index (χ1) is 9.51. The molecule has 1 aliphatic rings. The molecule has 2 rings (SSSR count). The van der Waals surface area contributed by atoms with Gasteiger partial charge in [-0.3, -0.25) is 4.79 Å². The minimum Gasteiger partial charge on any atom is -0.370 e. The van der Waals surface area contributed by atoms with Gasteiger partial charge in [-0.1, -0.05) is 13.8 Å². The number of hydrogen-bond donors (Lipinski definition) is 3. The third-order valence-corrected chi connectivity index (χ3v) is 3.34. The topological polar surface area (TPSA) is 78.9 Å². The Morgan fingerprint density at radius 2 is 2.05 bits per heavy atom. The Bertz CT molecular complexity index is 501. The van der Waals surface area contributed by atoms with Gasteiger partial charge in [0.15, 0.2) is 0 Å². The van der Waals surface area contributed by atoms with Gasteiger partial charge in [-0.15, -0.1) is 0 Å². The monoisotopic (exact) mass is 277 g/mol. The van der Waals surface area contributed by atoms with E-state index >= 15 is 0 Å². The largest absolute Gasteiger partial charge is 0.370 e. The van der Waals surface area contributed by atoms with Gasteiger partial charge in [-0.25, -0.2) is 9.97 Å². The molecule has 2 heterocycles. The van der Waals surface area contributed by atoms with E-state index in [4.69, 9.17) is 0 Å². The number of anilines is 2. The lowest BCUT2D eigenvalue weighted by Crippen LogP contribution is -2.24. The lowest BCUT2D eigenvalue weighted by atomic mass is 10.2. The van der Waals surface area contributed by atoms with Crippen molar-refractivity contribution in [2.24, 2.45) is 0 Å². The van der Waals surface area contributed by atoms with E-state index in [-0.39, 0.29) is 17.9 Å². The Morgan fingerprint density at radius 3 is 2.60 bits per heavy atom. The molecule has 1 aromatic rings. The predicted octanol–water partition coefficient (Wildman–Crippen LogP) is 1.64. The van der Waals surface area contributed by atoms with Crippen LogP contribution in [0.15, 0.2) is 0 Å². The minimum absolute atomic E-state index is 0.0881. The molecule has 3 N–H and O–H groups in total. The Morgan fingerprint density at radius 1 is 1.35 bits per heavy atom. The molecule has 0 bridgehead atoms. The van der Waals surface area contributed by atoms with Crippen LogP contribution in [-0.2, 0) is 4.79 Å². The zero-order valence-corrected chi connectivity index (χ0v) is 12.6. The highest BCUT2D eigenvalue weighted by atomic mass is 16.1. The quantitative estimate of drug-likeness (QED) is 0.762. The maximum Gasteiger partial charge on any atom is 0.222 e. The molecule has 6 nitrogen and oxygen atoms in total. The summed E-state index contributed by atoms with van der Waals surface area (Å²) in [5.74, 6) is 2.85. The molecule has 1 unspecified atom stereocenters. The van der Waals surface area contributed by atoms with Crippen molar-refractivity contribution in [3.05, 3.63) is 11.4 Å². The molecule has 0 aromatic carbocycles. The highest BCUT2D eigenvalue weighted by molar-refractivity contribution is 5.79. The summed E-state index contributed by atoms with van der Waals surface area (Å²) in [5.41, 5.74) is 0.996. The van der Waals surface area contributed by atoms with Gasteiger partial charge >= 0.3 is 0 Å². The molecule has 1 saturated heterocycles. The standard InChI is InChI=1S/C14H23N5O/c1-5-15-13-9(4)14(19-12(18-13)8(2)3)17-10-6-11(20)16-7-10/h8,10H,5-7H2,1-4H3,(H,16,20)(H2,15,17,18,19). The zero-order valence-electron chi connectivity index (χ0n) is 12.6. The van der Waals surface area contributed by atoms with Crippen LogP contribution in [0.4, 0.5) is 11.6 Å². The first kappa shape index (κ1) is 14.6. The van der Waals surface area contributed by atoms with Gasteiger partial charge in [0.1, 0.15) is 17.5 Å². The fraction of sp³-hybridized carbons (Fsp3) is 0.643. The van der Waals surface area contributed by atoms with Crippen LogP contribution in [-0.4, -0.2) is 35.0 Å². The van der Waals surface area contributed by atoms with Crippen LogP contribution < -0.4 is 16.0 Å². The third-order valence-electron chi connectivity index (χ3n) is 3.34. The molecule has 0 spiro atoms. The van der Waals surface area contributed by atoms with Gasteiger partial charge in [0.2, 0.25) is 5.91 Å². The maximum absolute atomic E-state index is 11.3. The molecule has 0 saturated carbocycles. The van der Waals surface area contributed by atoms with Gasteiger partial charge in [-0.05, 0) is 13.8 Å². The van der Waals surface area contributed by atoms with Crippen LogP contribution in [0.3, 0.4) is 0 Å². The Balaban J connectivity index is 2.27. The van der Waals surface area contributed by atoms with E-state index in [1.165, 1.54) is 0 Å². The van der Waals surface area contributed by atoms with E-state index < -0.39 is 0 Å². The number of amides is 1. The molecule has 1 fully saturated rings. The Labute approximate surface area is 119 Å². The first-order valence-corrected chi connectivity index (χ1v) is 7.16. The summed E-state index contributed by atoms with van der Waals surface area (Å²) in [7, 11) is 0. The van der Waals surface area contributed by atoms with Gasteiger partial charge < -0.3 is 16.0 Å². The molecule has 110 valence electrons. The van der Waals surface area contributed by atoms with Crippen molar-refractivity contribution in [3.8, 4) is 0 Å². The molecule has 0 aliphatic carbocycles. The molecule has 6 heteroatoms. The summed E-state index contributed by atoms with van der Waals surface area (Å²) < 4.78 is 0. The molecule has 1 amide bonds. The average molecular weight is 277 g/mol. The molecule has 1 aromatic heterocycles. The van der Waals surface area contributed by atoms with E-state index in [0.29, 0.717) is 13.0 Å². The van der Waals surface area contributed by atoms with Gasteiger partial charge in [0.25, 0.3) is 0 Å². The SMILES string of the molecule is CCNc1nc(C(C)C)nc(NC2CNC(=O)C2)c1C. The van der Waals surface area contributed by atoms with Crippen LogP contribution in [0.2, 0.25) is 0 Å². The fourth-order valence-electron chi connectivity index (χ4n) is 2.17. The Hall–Kier alpha value is -1.85. The van der Waals surface area contributed by atoms with Crippen molar-refractivity contribution >= 4 is 17.5 Å². The van der Waals surface area contributed by atoms with Crippen molar-refractivity contribution in [3.63, 3.8) is 0 Å². The number of rotatable bonds is 5. The van der Waals surface area contributed by atoms with Crippen LogP contribution in [0.25, 0.3) is 0 Å². The summed E-state index contributed by atoms with van der Waals surface area (Å²) in [6, 6.07) is 0.102. The number of aromatic nitrogens is 2. The number of nitrogens with zero attached hydrogens (tertiary/aromatic N) is 2. The van der Waals surface area contributed by atoms with Crippen molar-refractivity contribution in [2.45, 2.75) is 46.1 Å². The van der Waals surface area contributed by atoms with E-state index in [0.717, 1.165) is 29.6 Å². The number of hydrogen-bond acceptors (Lipinski definition) is 5. The normalized spacial score (nSPS) is 18.2. The number of nitrogens with one attached hydrogen (secondary N) is 3. The second kappa shape index (κ2) is 6.07. The molecule has 1 atom stereocenters. The summed E-state index contributed by atoms with van der Waals surface area (Å²) in [4.78, 5) is 20.4. The number of carbonyl (C=O) groups is 1. The van der Waals surface area contributed by atoms with Crippen molar-refractivity contribution in [1.29, 1.82) is 0 Å². The maximum atomic E-state index is 11.3. The van der Waals surface area contributed by atoms with Crippen LogP contribution in [0.5, 0.6) is 0 Å². The second-order valence-corrected chi connectivity index (χ2v) is 5.44. The molecule has 20 heavy (non-hydrogen) atoms. The van der Waals surface area contributed by atoms with E-state index in [2.05, 4.69) is 39.8 Å². The van der Waals surface area contributed by atoms with Gasteiger partial charge in [0, 0.05) is 31.0 Å². The van der Waals surface area contributed by atoms with Crippen LogP contribution in [0.1, 0.15) is 44.5 Å². The molecule has 0 radical (unpaired) electrons. The highest BCUT2D eigenvalue weighted by Gasteiger charge is 2.23. The van der Waals surface area contributed by atoms with Crippen LogP contribution >= 0.6 is 0 Å². The molecular formula is C14H23N5O. The minimum atomic E-state index is 0.0881. The number of carbonyl (C=O) groups excluding carboxylic acids is 1. The predicted molar refractivity (Wildman–Crippen MR) is 80.1 cm³/mol. The third kappa shape index (κ3) is 3.18. The van der Waals surface area contributed by atoms with Gasteiger partial charge in [-0.2, -0.15) is 0 Å². The summed E-state index contributed by atoms with van der Waals surface area (Å²) in [6.45, 7) is 9.65. The van der Waals surface area contributed by atoms with E-state index in [1.807, 2.05) is 13.8 Å². The van der Waals surface area contributed by atoms with Crippen molar-refractivity contribution in [2.75, 3.05) is 23.7 Å². The molecular weight excluding hydrogens is 254 g/mol. The van der Waals surface area contributed by atoms with Crippen LogP contribution in [0, 0.1) is 6.92 Å². The van der Waals surface area contributed by atoms with E-state index in [1.54, 1.807) is 0 Å². The highest BCUT2D eigenvalue weighted by Crippen LogP contribution is 2.24. The summed E-state index contributed by atoms with van der Waals surface area (Å²) >= 11 is 0. The second-order valence-electron chi connectivity index (χ2n) is 5.44. The average Bonchev–Trinajstić information content (AvgIpc) is 2.79. The fourth-order valence-corrected chi connectivity index (χ4v) is 2.17. The lowest BCUT2D eigenvalue weighted by Gasteiger charge is -2.18. The first-order valence-electron chi connectivity index (χ1n) is 7.16. The van der Waals surface area contributed by atoms with Crippen molar-refractivity contribution in [1.82, 2.24) is 15.3 Å². The van der Waals surface area contributed by atoms with E-state index in [9.17, 15) is 4.79 Å². The zero-order chi connectivity index (χ0) is 14.7. The Kier molecular flexibility index (Phi) is 4.42. The lowest BCUT2D eigenvalue weighted by molar-refractivity contribution is -0.119. The van der Waals surface area contributed by atoms with Crippen molar-refractivity contribution < 1.29 is 4.79 Å². The summed E-state index contributed by atoms with van der Waals surface area (Å²) in [5, 5.41) is 9.46. The smallest absolute Gasteiger partial charge is 0.222 e. The summed E-state index contributed by atoms with van der Waals surface area (Å²) in [6.07, 6.45) is 0.497.